The molecule has 0 spiro atoms. The lowest BCUT2D eigenvalue weighted by Gasteiger charge is -2.06. The van der Waals surface area contributed by atoms with Crippen LogP contribution >= 0.6 is 0 Å². The molecule has 2 aromatic rings. The summed E-state index contributed by atoms with van der Waals surface area (Å²) in [4.78, 5) is 8.07. The lowest BCUT2D eigenvalue weighted by molar-refractivity contribution is 0.426. The highest BCUT2D eigenvalue weighted by molar-refractivity contribution is 6.60. The van der Waals surface area contributed by atoms with Gasteiger partial charge in [-0.15, -0.1) is 0 Å². The minimum absolute atomic E-state index is 0.380. The molecule has 2 rings (SSSR count). The minimum atomic E-state index is -1.52. The first-order chi connectivity index (χ1) is 7.29. The summed E-state index contributed by atoms with van der Waals surface area (Å²) in [6, 6.07) is 6.88. The van der Waals surface area contributed by atoms with E-state index in [0.717, 1.165) is 5.56 Å². The van der Waals surface area contributed by atoms with Gasteiger partial charge in [0, 0.05) is 29.6 Å². The molecule has 0 aliphatic heterocycles. The Morgan fingerprint density at radius 3 is 2.53 bits per heavy atom. The van der Waals surface area contributed by atoms with Crippen LogP contribution in [0.25, 0.3) is 11.3 Å². The first kappa shape index (κ1) is 9.83. The van der Waals surface area contributed by atoms with E-state index in [1.807, 2.05) is 6.07 Å². The van der Waals surface area contributed by atoms with Crippen molar-refractivity contribution in [2.45, 2.75) is 0 Å². The number of aromatic nitrogens is 2. The summed E-state index contributed by atoms with van der Waals surface area (Å²) in [6.07, 6.45) is 4.89. The molecule has 0 saturated carbocycles. The fraction of sp³-hybridized carbons (Fsp3) is 0. The minimum Gasteiger partial charge on any atom is -0.423 e. The third-order valence-electron chi connectivity index (χ3n) is 2.05. The van der Waals surface area contributed by atoms with Gasteiger partial charge in [0.15, 0.2) is 0 Å². The van der Waals surface area contributed by atoms with Crippen LogP contribution in [0.2, 0.25) is 0 Å². The molecule has 0 aliphatic rings. The SMILES string of the molecule is OB(O)c1cccnc1-c1cccnc1. The maximum absolute atomic E-state index is 9.16. The van der Waals surface area contributed by atoms with Crippen molar-refractivity contribution in [1.82, 2.24) is 9.97 Å². The van der Waals surface area contributed by atoms with E-state index >= 15 is 0 Å². The third kappa shape index (κ3) is 2.03. The molecule has 15 heavy (non-hydrogen) atoms. The van der Waals surface area contributed by atoms with Crippen LogP contribution in [0.1, 0.15) is 0 Å². The van der Waals surface area contributed by atoms with Crippen molar-refractivity contribution in [1.29, 1.82) is 0 Å². The van der Waals surface area contributed by atoms with E-state index in [-0.39, 0.29) is 0 Å². The number of hydrogen-bond acceptors (Lipinski definition) is 4. The van der Waals surface area contributed by atoms with Crippen LogP contribution in [0.3, 0.4) is 0 Å². The van der Waals surface area contributed by atoms with E-state index < -0.39 is 7.12 Å². The first-order valence-electron chi connectivity index (χ1n) is 4.50. The summed E-state index contributed by atoms with van der Waals surface area (Å²) >= 11 is 0. The van der Waals surface area contributed by atoms with Crippen LogP contribution in [-0.4, -0.2) is 27.1 Å². The van der Waals surface area contributed by atoms with E-state index in [0.29, 0.717) is 11.2 Å². The fourth-order valence-electron chi connectivity index (χ4n) is 1.37. The monoisotopic (exact) mass is 200 g/mol. The predicted octanol–water partition coefficient (Wildman–Crippen LogP) is -0.177. The van der Waals surface area contributed by atoms with E-state index in [4.69, 9.17) is 10.0 Å². The number of rotatable bonds is 2. The van der Waals surface area contributed by atoms with Gasteiger partial charge in [-0.1, -0.05) is 6.07 Å². The summed E-state index contributed by atoms with van der Waals surface area (Å²) in [7, 11) is -1.52. The molecule has 0 unspecified atom stereocenters. The van der Waals surface area contributed by atoms with Crippen molar-refractivity contribution in [2.75, 3.05) is 0 Å². The maximum atomic E-state index is 9.16. The molecule has 0 atom stereocenters. The van der Waals surface area contributed by atoms with Gasteiger partial charge in [0.25, 0.3) is 0 Å². The topological polar surface area (TPSA) is 66.2 Å². The fourth-order valence-corrected chi connectivity index (χ4v) is 1.37. The molecule has 2 N–H and O–H groups in total. The zero-order valence-corrected chi connectivity index (χ0v) is 7.91. The van der Waals surface area contributed by atoms with Gasteiger partial charge in [0.1, 0.15) is 0 Å². The summed E-state index contributed by atoms with van der Waals surface area (Å²) in [5, 5.41) is 18.3. The number of hydrogen-bond donors (Lipinski definition) is 2. The Kier molecular flexibility index (Phi) is 2.76. The third-order valence-corrected chi connectivity index (χ3v) is 2.05. The van der Waals surface area contributed by atoms with Crippen molar-refractivity contribution in [3.05, 3.63) is 42.9 Å². The summed E-state index contributed by atoms with van der Waals surface area (Å²) in [5.74, 6) is 0. The average Bonchev–Trinajstić information content (AvgIpc) is 2.30. The standard InChI is InChI=1S/C10H9BN2O2/c14-11(15)9-4-2-6-13-10(9)8-3-1-5-12-7-8/h1-7,14-15H. The Morgan fingerprint density at radius 2 is 1.87 bits per heavy atom. The van der Waals surface area contributed by atoms with Crippen LogP contribution in [0.4, 0.5) is 0 Å². The molecule has 0 fully saturated rings. The van der Waals surface area contributed by atoms with Crippen LogP contribution in [-0.2, 0) is 0 Å². The molecule has 0 amide bonds. The van der Waals surface area contributed by atoms with Gasteiger partial charge in [-0.3, -0.25) is 9.97 Å². The smallest absolute Gasteiger partial charge is 0.423 e. The zero-order valence-electron chi connectivity index (χ0n) is 7.91. The highest BCUT2D eigenvalue weighted by Gasteiger charge is 2.17. The molecule has 5 heteroatoms. The molecule has 2 heterocycles. The summed E-state index contributed by atoms with van der Waals surface area (Å²) in [6.45, 7) is 0. The largest absolute Gasteiger partial charge is 0.490 e. The van der Waals surface area contributed by atoms with Gasteiger partial charge in [0.2, 0.25) is 0 Å². The lowest BCUT2D eigenvalue weighted by atomic mass is 9.78. The molecule has 2 aromatic heterocycles. The number of nitrogens with zero attached hydrogens (tertiary/aromatic N) is 2. The van der Waals surface area contributed by atoms with Crippen LogP contribution in [0.15, 0.2) is 42.9 Å². The second-order valence-electron chi connectivity index (χ2n) is 3.06. The Labute approximate surface area is 87.4 Å². The van der Waals surface area contributed by atoms with Gasteiger partial charge in [-0.05, 0) is 18.2 Å². The number of pyridine rings is 2. The van der Waals surface area contributed by atoms with Crippen molar-refractivity contribution in [3.63, 3.8) is 0 Å². The molecule has 0 bridgehead atoms. The Hall–Kier alpha value is -1.72. The normalized spacial score (nSPS) is 10.0. The second kappa shape index (κ2) is 4.21. The maximum Gasteiger partial charge on any atom is 0.490 e. The average molecular weight is 200 g/mol. The predicted molar refractivity (Wildman–Crippen MR) is 57.3 cm³/mol. The molecule has 0 aromatic carbocycles. The highest BCUT2D eigenvalue weighted by Crippen LogP contribution is 2.12. The van der Waals surface area contributed by atoms with E-state index in [9.17, 15) is 0 Å². The Balaban J connectivity index is 2.53. The zero-order chi connectivity index (χ0) is 10.7. The van der Waals surface area contributed by atoms with Gasteiger partial charge in [-0.2, -0.15) is 0 Å². The summed E-state index contributed by atoms with van der Waals surface area (Å²) in [5.41, 5.74) is 1.69. The van der Waals surface area contributed by atoms with Gasteiger partial charge in [0.05, 0.1) is 5.69 Å². The molecule has 0 saturated heterocycles. The Bertz CT molecular complexity index is 448. The molecular formula is C10H9BN2O2. The summed E-state index contributed by atoms with van der Waals surface area (Å²) < 4.78 is 0. The Morgan fingerprint density at radius 1 is 1.07 bits per heavy atom. The first-order valence-corrected chi connectivity index (χ1v) is 4.50. The molecular weight excluding hydrogens is 191 g/mol. The molecule has 4 nitrogen and oxygen atoms in total. The van der Waals surface area contributed by atoms with Crippen LogP contribution < -0.4 is 5.46 Å². The van der Waals surface area contributed by atoms with E-state index in [1.54, 1.807) is 36.8 Å². The van der Waals surface area contributed by atoms with Gasteiger partial charge < -0.3 is 10.0 Å². The van der Waals surface area contributed by atoms with Crippen molar-refractivity contribution < 1.29 is 10.0 Å². The van der Waals surface area contributed by atoms with Gasteiger partial charge >= 0.3 is 7.12 Å². The van der Waals surface area contributed by atoms with Crippen molar-refractivity contribution in [2.24, 2.45) is 0 Å². The van der Waals surface area contributed by atoms with Crippen LogP contribution in [0.5, 0.6) is 0 Å². The highest BCUT2D eigenvalue weighted by atomic mass is 16.4. The van der Waals surface area contributed by atoms with E-state index in [1.165, 1.54) is 0 Å². The van der Waals surface area contributed by atoms with Crippen molar-refractivity contribution in [3.8, 4) is 11.3 Å². The molecule has 0 aliphatic carbocycles. The van der Waals surface area contributed by atoms with Gasteiger partial charge in [-0.25, -0.2) is 0 Å². The second-order valence-corrected chi connectivity index (χ2v) is 3.06. The molecule has 74 valence electrons. The lowest BCUT2D eigenvalue weighted by Crippen LogP contribution is -2.32. The van der Waals surface area contributed by atoms with E-state index in [2.05, 4.69) is 9.97 Å². The van der Waals surface area contributed by atoms with Crippen LogP contribution in [0, 0.1) is 0 Å². The molecule has 0 radical (unpaired) electrons. The quantitative estimate of drug-likeness (QED) is 0.660. The van der Waals surface area contributed by atoms with Crippen molar-refractivity contribution >= 4 is 12.6 Å².